The van der Waals surface area contributed by atoms with Crippen LogP contribution in [0.3, 0.4) is 0 Å². The maximum atomic E-state index is 11.6. The Hall–Kier alpha value is -1.88. The number of benzene rings is 1. The SMILES string of the molecule is CCc1ccc(CNC(=O)C(=O)NCCN(C)C)cc1. The molecule has 110 valence electrons. The largest absolute Gasteiger partial charge is 0.347 e. The molecule has 0 aliphatic rings. The highest BCUT2D eigenvalue weighted by molar-refractivity contribution is 6.35. The summed E-state index contributed by atoms with van der Waals surface area (Å²) in [7, 11) is 3.82. The summed E-state index contributed by atoms with van der Waals surface area (Å²) in [6, 6.07) is 7.98. The molecule has 0 aliphatic carbocycles. The van der Waals surface area contributed by atoms with Crippen molar-refractivity contribution in [3.63, 3.8) is 0 Å². The Bertz CT molecular complexity index is 441. The maximum absolute atomic E-state index is 11.6. The van der Waals surface area contributed by atoms with Gasteiger partial charge in [-0.1, -0.05) is 31.2 Å². The van der Waals surface area contributed by atoms with Crippen molar-refractivity contribution >= 4 is 11.8 Å². The van der Waals surface area contributed by atoms with Gasteiger partial charge in [0.15, 0.2) is 0 Å². The van der Waals surface area contributed by atoms with Crippen LogP contribution in [0.4, 0.5) is 0 Å². The van der Waals surface area contributed by atoms with E-state index >= 15 is 0 Å². The fourth-order valence-corrected chi connectivity index (χ4v) is 1.63. The molecule has 0 radical (unpaired) electrons. The van der Waals surface area contributed by atoms with Crippen LogP contribution in [0.5, 0.6) is 0 Å². The lowest BCUT2D eigenvalue weighted by Gasteiger charge is -2.10. The Balaban J connectivity index is 2.32. The molecule has 0 aromatic heterocycles. The fraction of sp³-hybridized carbons (Fsp3) is 0.467. The van der Waals surface area contributed by atoms with E-state index in [1.54, 1.807) is 0 Å². The molecule has 0 bridgehead atoms. The van der Waals surface area contributed by atoms with Gasteiger partial charge in [0.1, 0.15) is 0 Å². The summed E-state index contributed by atoms with van der Waals surface area (Å²) in [6.45, 7) is 3.63. The third-order valence-electron chi connectivity index (χ3n) is 2.94. The predicted octanol–water partition coefficient (Wildman–Crippen LogP) is 0.543. The molecular weight excluding hydrogens is 254 g/mol. The lowest BCUT2D eigenvalue weighted by atomic mass is 10.1. The van der Waals surface area contributed by atoms with Gasteiger partial charge in [-0.25, -0.2) is 0 Å². The zero-order valence-corrected chi connectivity index (χ0v) is 12.4. The molecule has 0 heterocycles. The van der Waals surface area contributed by atoms with E-state index in [1.807, 2.05) is 43.3 Å². The zero-order valence-electron chi connectivity index (χ0n) is 12.4. The van der Waals surface area contributed by atoms with Crippen molar-refractivity contribution in [1.82, 2.24) is 15.5 Å². The van der Waals surface area contributed by atoms with Crippen LogP contribution in [0.2, 0.25) is 0 Å². The molecule has 0 atom stereocenters. The highest BCUT2D eigenvalue weighted by atomic mass is 16.2. The van der Waals surface area contributed by atoms with E-state index in [4.69, 9.17) is 0 Å². The van der Waals surface area contributed by atoms with E-state index in [0.29, 0.717) is 19.6 Å². The number of aryl methyl sites for hydroxylation is 1. The molecule has 0 aliphatic heterocycles. The second-order valence-electron chi connectivity index (χ2n) is 4.91. The molecule has 0 saturated heterocycles. The average Bonchev–Trinajstić information content (AvgIpc) is 2.44. The number of nitrogens with zero attached hydrogens (tertiary/aromatic N) is 1. The lowest BCUT2D eigenvalue weighted by Crippen LogP contribution is -2.41. The van der Waals surface area contributed by atoms with Crippen LogP contribution in [0.15, 0.2) is 24.3 Å². The first-order valence-corrected chi connectivity index (χ1v) is 6.81. The first-order chi connectivity index (χ1) is 9.52. The molecule has 5 nitrogen and oxygen atoms in total. The average molecular weight is 277 g/mol. The number of carbonyl (C=O) groups excluding carboxylic acids is 2. The number of nitrogens with one attached hydrogen (secondary N) is 2. The molecule has 0 fully saturated rings. The Morgan fingerprint density at radius 3 is 2.10 bits per heavy atom. The molecule has 0 unspecified atom stereocenters. The molecule has 2 amide bonds. The monoisotopic (exact) mass is 277 g/mol. The predicted molar refractivity (Wildman–Crippen MR) is 79.2 cm³/mol. The highest BCUT2D eigenvalue weighted by Gasteiger charge is 2.12. The van der Waals surface area contributed by atoms with Crippen LogP contribution >= 0.6 is 0 Å². The van der Waals surface area contributed by atoms with Crippen LogP contribution in [-0.4, -0.2) is 43.9 Å². The van der Waals surface area contributed by atoms with Gasteiger partial charge >= 0.3 is 11.8 Å². The van der Waals surface area contributed by atoms with Crippen molar-refractivity contribution < 1.29 is 9.59 Å². The van der Waals surface area contributed by atoms with Crippen LogP contribution in [0.1, 0.15) is 18.1 Å². The third kappa shape index (κ3) is 5.84. The van der Waals surface area contributed by atoms with Crippen molar-refractivity contribution in [3.8, 4) is 0 Å². The Morgan fingerprint density at radius 1 is 1.00 bits per heavy atom. The molecule has 1 aromatic carbocycles. The number of carbonyl (C=O) groups is 2. The van der Waals surface area contributed by atoms with Crippen molar-refractivity contribution in [2.45, 2.75) is 19.9 Å². The molecule has 2 N–H and O–H groups in total. The minimum Gasteiger partial charge on any atom is -0.347 e. The van der Waals surface area contributed by atoms with Crippen LogP contribution in [0.25, 0.3) is 0 Å². The minimum absolute atomic E-state index is 0.365. The van der Waals surface area contributed by atoms with Crippen LogP contribution < -0.4 is 10.6 Å². The van der Waals surface area contributed by atoms with Gasteiger partial charge in [0.2, 0.25) is 0 Å². The van der Waals surface area contributed by atoms with Gasteiger partial charge in [0.05, 0.1) is 0 Å². The van der Waals surface area contributed by atoms with Gasteiger partial charge in [0, 0.05) is 19.6 Å². The van der Waals surface area contributed by atoms with Gasteiger partial charge in [0.25, 0.3) is 0 Å². The van der Waals surface area contributed by atoms with Crippen LogP contribution in [0, 0.1) is 0 Å². The number of hydrogen-bond donors (Lipinski definition) is 2. The van der Waals surface area contributed by atoms with E-state index in [1.165, 1.54) is 5.56 Å². The molecule has 1 aromatic rings. The summed E-state index contributed by atoms with van der Waals surface area (Å²) < 4.78 is 0. The fourth-order valence-electron chi connectivity index (χ4n) is 1.63. The summed E-state index contributed by atoms with van der Waals surface area (Å²) in [5.74, 6) is -1.18. The molecule has 0 spiro atoms. The summed E-state index contributed by atoms with van der Waals surface area (Å²) in [6.07, 6.45) is 0.987. The van der Waals surface area contributed by atoms with Crippen LogP contribution in [-0.2, 0) is 22.6 Å². The van der Waals surface area contributed by atoms with Gasteiger partial charge in [-0.3, -0.25) is 9.59 Å². The zero-order chi connectivity index (χ0) is 15.0. The summed E-state index contributed by atoms with van der Waals surface area (Å²) in [5.41, 5.74) is 2.23. The number of likely N-dealkylation sites (N-methyl/N-ethyl adjacent to an activating group) is 1. The second kappa shape index (κ2) is 8.32. The molecule has 1 rings (SSSR count). The Labute approximate surface area is 120 Å². The molecule has 20 heavy (non-hydrogen) atoms. The van der Waals surface area contributed by atoms with Crippen molar-refractivity contribution in [3.05, 3.63) is 35.4 Å². The highest BCUT2D eigenvalue weighted by Crippen LogP contribution is 2.04. The van der Waals surface area contributed by atoms with Crippen molar-refractivity contribution in [2.24, 2.45) is 0 Å². The lowest BCUT2D eigenvalue weighted by molar-refractivity contribution is -0.139. The third-order valence-corrected chi connectivity index (χ3v) is 2.94. The minimum atomic E-state index is -0.594. The first kappa shape index (κ1) is 16.2. The van der Waals surface area contributed by atoms with Gasteiger partial charge in [-0.15, -0.1) is 0 Å². The molecular formula is C15H23N3O2. The summed E-state index contributed by atoms with van der Waals surface area (Å²) in [4.78, 5) is 25.0. The second-order valence-corrected chi connectivity index (χ2v) is 4.91. The quantitative estimate of drug-likeness (QED) is 0.746. The van der Waals surface area contributed by atoms with Gasteiger partial charge < -0.3 is 15.5 Å². The van der Waals surface area contributed by atoms with Crippen molar-refractivity contribution in [2.75, 3.05) is 27.2 Å². The number of rotatable bonds is 6. The van der Waals surface area contributed by atoms with E-state index in [0.717, 1.165) is 12.0 Å². The topological polar surface area (TPSA) is 61.4 Å². The number of amides is 2. The first-order valence-electron chi connectivity index (χ1n) is 6.81. The summed E-state index contributed by atoms with van der Waals surface area (Å²) >= 11 is 0. The van der Waals surface area contributed by atoms with E-state index in [2.05, 4.69) is 17.6 Å². The standard InChI is InChI=1S/C15H23N3O2/c1-4-12-5-7-13(8-6-12)11-17-15(20)14(19)16-9-10-18(2)3/h5-8H,4,9-11H2,1-3H3,(H,16,19)(H,17,20). The van der Waals surface area contributed by atoms with E-state index in [9.17, 15) is 9.59 Å². The number of hydrogen-bond acceptors (Lipinski definition) is 3. The Morgan fingerprint density at radius 2 is 1.55 bits per heavy atom. The van der Waals surface area contributed by atoms with E-state index < -0.39 is 11.8 Å². The molecule has 5 heteroatoms. The maximum Gasteiger partial charge on any atom is 0.309 e. The van der Waals surface area contributed by atoms with Gasteiger partial charge in [-0.2, -0.15) is 0 Å². The van der Waals surface area contributed by atoms with E-state index in [-0.39, 0.29) is 0 Å². The van der Waals surface area contributed by atoms with Gasteiger partial charge in [-0.05, 0) is 31.6 Å². The smallest absolute Gasteiger partial charge is 0.309 e. The van der Waals surface area contributed by atoms with Crippen molar-refractivity contribution in [1.29, 1.82) is 0 Å². The normalized spacial score (nSPS) is 10.4. The summed E-state index contributed by atoms with van der Waals surface area (Å²) in [5, 5.41) is 5.19. The molecule has 0 saturated carbocycles. The Kier molecular flexibility index (Phi) is 6.73.